The van der Waals surface area contributed by atoms with Crippen LogP contribution in [0.4, 0.5) is 5.82 Å². The summed E-state index contributed by atoms with van der Waals surface area (Å²) < 4.78 is 6.74. The lowest BCUT2D eigenvalue weighted by Gasteiger charge is -2.22. The van der Waals surface area contributed by atoms with E-state index in [0.717, 1.165) is 33.2 Å². The monoisotopic (exact) mass is 363 g/mol. The minimum atomic E-state index is 0.0190. The lowest BCUT2D eigenvalue weighted by atomic mass is 10.2. The van der Waals surface area contributed by atoms with E-state index in [4.69, 9.17) is 10.5 Å². The van der Waals surface area contributed by atoms with E-state index >= 15 is 0 Å². The van der Waals surface area contributed by atoms with Gasteiger partial charge in [-0.25, -0.2) is 9.97 Å². The summed E-state index contributed by atoms with van der Waals surface area (Å²) in [5.74, 6) is 3.98. The second-order valence-corrected chi connectivity index (χ2v) is 6.60. The van der Waals surface area contributed by atoms with Gasteiger partial charge in [0, 0.05) is 17.4 Å². The lowest BCUT2D eigenvalue weighted by Crippen LogP contribution is -2.20. The van der Waals surface area contributed by atoms with Crippen molar-refractivity contribution in [3.05, 3.63) is 15.1 Å². The van der Waals surface area contributed by atoms with Crippen LogP contribution < -0.4 is 5.73 Å². The Morgan fingerprint density at radius 3 is 2.82 bits per heavy atom. The smallest absolute Gasteiger partial charge is 0.160 e. The Morgan fingerprint density at radius 1 is 1.35 bits per heavy atom. The maximum Gasteiger partial charge on any atom is 0.160 e. The molecule has 1 saturated carbocycles. The van der Waals surface area contributed by atoms with Gasteiger partial charge in [-0.2, -0.15) is 11.8 Å². The van der Waals surface area contributed by atoms with E-state index in [2.05, 4.69) is 32.6 Å². The van der Waals surface area contributed by atoms with E-state index < -0.39 is 0 Å². The number of nitrogen functional groups attached to an aromatic ring is 1. The van der Waals surface area contributed by atoms with Gasteiger partial charge in [0.05, 0.1) is 15.9 Å². The van der Waals surface area contributed by atoms with E-state index in [1.165, 1.54) is 12.8 Å². The van der Waals surface area contributed by atoms with Crippen molar-refractivity contribution in [3.63, 3.8) is 0 Å². The van der Waals surface area contributed by atoms with Gasteiger partial charge in [-0.15, -0.1) is 0 Å². The van der Waals surface area contributed by atoms with Gasteiger partial charge in [0.2, 0.25) is 0 Å². The van der Waals surface area contributed by atoms with Crippen LogP contribution in [-0.2, 0) is 4.74 Å². The molecule has 1 unspecified atom stereocenters. The Hall–Kier alpha value is -0.0800. The number of nitrogens with zero attached hydrogens (tertiary/aromatic N) is 2. The van der Waals surface area contributed by atoms with Crippen molar-refractivity contribution in [2.24, 2.45) is 0 Å². The molecule has 2 fully saturated rings. The molecule has 0 bridgehead atoms. The van der Waals surface area contributed by atoms with Crippen molar-refractivity contribution in [2.75, 3.05) is 23.8 Å². The van der Waals surface area contributed by atoms with Crippen LogP contribution in [-0.4, -0.2) is 28.1 Å². The number of anilines is 1. The maximum atomic E-state index is 5.97. The van der Waals surface area contributed by atoms with Gasteiger partial charge in [0.15, 0.2) is 5.82 Å². The Bertz CT molecular complexity index is 433. The normalized spacial score (nSPS) is 24.9. The number of hydrogen-bond acceptors (Lipinski definition) is 5. The molecular formula is C11H14IN3OS. The quantitative estimate of drug-likeness (QED) is 0.818. The standard InChI is InChI=1S/C11H14IN3OS/c12-8-9(6-1-2-6)14-11(15-10(8)13)7-5-17-4-3-16-7/h6-7H,1-5H2,(H2,13,14,15). The molecule has 1 aliphatic heterocycles. The third-order valence-electron chi connectivity index (χ3n) is 2.99. The molecule has 0 amide bonds. The molecule has 1 saturated heterocycles. The fourth-order valence-corrected chi connectivity index (χ4v) is 3.43. The molecule has 1 aromatic heterocycles. The number of halogens is 1. The summed E-state index contributed by atoms with van der Waals surface area (Å²) in [7, 11) is 0. The molecule has 92 valence electrons. The second kappa shape index (κ2) is 4.89. The summed E-state index contributed by atoms with van der Waals surface area (Å²) >= 11 is 4.14. The van der Waals surface area contributed by atoms with Gasteiger partial charge in [-0.1, -0.05) is 0 Å². The molecule has 1 aliphatic carbocycles. The highest BCUT2D eigenvalue weighted by molar-refractivity contribution is 14.1. The van der Waals surface area contributed by atoms with Crippen LogP contribution in [0.2, 0.25) is 0 Å². The van der Waals surface area contributed by atoms with Crippen molar-refractivity contribution in [2.45, 2.75) is 24.9 Å². The first-order valence-electron chi connectivity index (χ1n) is 5.78. The van der Waals surface area contributed by atoms with E-state index in [1.54, 1.807) is 0 Å². The summed E-state index contributed by atoms with van der Waals surface area (Å²) in [5.41, 5.74) is 7.10. The average molecular weight is 363 g/mol. The molecule has 1 aromatic rings. The third kappa shape index (κ3) is 2.53. The van der Waals surface area contributed by atoms with Crippen molar-refractivity contribution < 1.29 is 4.74 Å². The molecule has 2 N–H and O–H groups in total. The molecule has 1 atom stereocenters. The zero-order valence-corrected chi connectivity index (χ0v) is 12.3. The van der Waals surface area contributed by atoms with E-state index in [1.807, 2.05) is 11.8 Å². The van der Waals surface area contributed by atoms with E-state index in [0.29, 0.717) is 11.7 Å². The van der Waals surface area contributed by atoms with Crippen LogP contribution in [0.3, 0.4) is 0 Å². The van der Waals surface area contributed by atoms with Crippen LogP contribution in [0.15, 0.2) is 0 Å². The summed E-state index contributed by atoms with van der Waals surface area (Å²) in [5, 5.41) is 0. The van der Waals surface area contributed by atoms with Crippen molar-refractivity contribution in [3.8, 4) is 0 Å². The minimum absolute atomic E-state index is 0.0190. The first-order chi connectivity index (χ1) is 8.25. The number of ether oxygens (including phenoxy) is 1. The average Bonchev–Trinajstić information content (AvgIpc) is 3.18. The van der Waals surface area contributed by atoms with Gasteiger partial charge in [-0.05, 0) is 35.4 Å². The van der Waals surface area contributed by atoms with Gasteiger partial charge >= 0.3 is 0 Å². The van der Waals surface area contributed by atoms with Crippen LogP contribution in [0.25, 0.3) is 0 Å². The molecule has 2 aliphatic rings. The topological polar surface area (TPSA) is 61.0 Å². The zero-order valence-electron chi connectivity index (χ0n) is 9.36. The fraction of sp³-hybridized carbons (Fsp3) is 0.636. The second-order valence-electron chi connectivity index (χ2n) is 4.37. The molecule has 0 radical (unpaired) electrons. The first-order valence-corrected chi connectivity index (χ1v) is 8.01. The number of rotatable bonds is 2. The molecule has 17 heavy (non-hydrogen) atoms. The third-order valence-corrected chi connectivity index (χ3v) is 5.09. The maximum absolute atomic E-state index is 5.97. The molecule has 2 heterocycles. The lowest BCUT2D eigenvalue weighted by molar-refractivity contribution is 0.0693. The van der Waals surface area contributed by atoms with Gasteiger partial charge in [-0.3, -0.25) is 0 Å². The Kier molecular flexibility index (Phi) is 3.45. The Balaban J connectivity index is 1.93. The van der Waals surface area contributed by atoms with Crippen LogP contribution in [0.5, 0.6) is 0 Å². The first kappa shape index (κ1) is 12.0. The molecule has 6 heteroatoms. The van der Waals surface area contributed by atoms with Crippen LogP contribution in [0.1, 0.15) is 36.4 Å². The predicted molar refractivity (Wildman–Crippen MR) is 77.2 cm³/mol. The summed E-state index contributed by atoms with van der Waals surface area (Å²) in [4.78, 5) is 9.07. The summed E-state index contributed by atoms with van der Waals surface area (Å²) in [6.07, 6.45) is 2.48. The number of hydrogen-bond donors (Lipinski definition) is 1. The number of thioether (sulfide) groups is 1. The highest BCUT2D eigenvalue weighted by Crippen LogP contribution is 2.42. The Morgan fingerprint density at radius 2 is 2.18 bits per heavy atom. The van der Waals surface area contributed by atoms with Crippen LogP contribution in [0, 0.1) is 3.57 Å². The number of nitrogens with two attached hydrogens (primary N) is 1. The molecule has 0 aromatic carbocycles. The summed E-state index contributed by atoms with van der Waals surface area (Å²) in [6, 6.07) is 0. The minimum Gasteiger partial charge on any atom is -0.383 e. The fourth-order valence-electron chi connectivity index (χ4n) is 1.91. The largest absolute Gasteiger partial charge is 0.383 e. The molecule has 3 rings (SSSR count). The SMILES string of the molecule is Nc1nc(C2CSCCO2)nc(C2CC2)c1I. The van der Waals surface area contributed by atoms with Crippen molar-refractivity contribution in [1.82, 2.24) is 9.97 Å². The van der Waals surface area contributed by atoms with Crippen LogP contribution >= 0.6 is 34.4 Å². The molecule has 0 spiro atoms. The van der Waals surface area contributed by atoms with Crippen molar-refractivity contribution >= 4 is 40.2 Å². The van der Waals surface area contributed by atoms with E-state index in [9.17, 15) is 0 Å². The van der Waals surface area contributed by atoms with Crippen molar-refractivity contribution in [1.29, 1.82) is 0 Å². The highest BCUT2D eigenvalue weighted by Gasteiger charge is 2.30. The van der Waals surface area contributed by atoms with E-state index in [-0.39, 0.29) is 6.10 Å². The van der Waals surface area contributed by atoms with Gasteiger partial charge < -0.3 is 10.5 Å². The zero-order chi connectivity index (χ0) is 11.8. The summed E-state index contributed by atoms with van der Waals surface area (Å²) in [6.45, 7) is 0.781. The Labute approximate surface area is 118 Å². The molecular weight excluding hydrogens is 349 g/mol. The molecule has 4 nitrogen and oxygen atoms in total. The highest BCUT2D eigenvalue weighted by atomic mass is 127. The number of aromatic nitrogens is 2. The van der Waals surface area contributed by atoms with Gasteiger partial charge in [0.1, 0.15) is 11.9 Å². The van der Waals surface area contributed by atoms with Gasteiger partial charge in [0.25, 0.3) is 0 Å². The predicted octanol–water partition coefficient (Wildman–Crippen LogP) is 2.35.